The Morgan fingerprint density at radius 3 is 2.52 bits per heavy atom. The average molecular weight is 405 g/mol. The first-order valence-electron chi connectivity index (χ1n) is 8.71. The van der Waals surface area contributed by atoms with Gasteiger partial charge in [0, 0.05) is 38.2 Å². The van der Waals surface area contributed by atoms with Crippen LogP contribution in [0.3, 0.4) is 0 Å². The number of halogens is 3. The largest absolute Gasteiger partial charge is 0.416 e. The van der Waals surface area contributed by atoms with Crippen LogP contribution < -0.4 is 15.5 Å². The third kappa shape index (κ3) is 4.48. The van der Waals surface area contributed by atoms with Crippen molar-refractivity contribution in [1.82, 2.24) is 20.2 Å². The zero-order chi connectivity index (χ0) is 21.0. The van der Waals surface area contributed by atoms with Gasteiger partial charge in [-0.1, -0.05) is 0 Å². The lowest BCUT2D eigenvalue weighted by Gasteiger charge is -2.38. The number of piperazine rings is 1. The number of carbonyl (C=O) groups excluding carboxylic acids is 1. The molecule has 8 nitrogen and oxygen atoms in total. The minimum Gasteiger partial charge on any atom is -0.349 e. The van der Waals surface area contributed by atoms with Crippen molar-refractivity contribution >= 4 is 23.4 Å². The van der Waals surface area contributed by atoms with Gasteiger partial charge >= 0.3 is 12.2 Å². The summed E-state index contributed by atoms with van der Waals surface area (Å²) < 4.78 is 38.2. The van der Waals surface area contributed by atoms with E-state index in [2.05, 4.69) is 26.7 Å². The van der Waals surface area contributed by atoms with Crippen LogP contribution in [0.25, 0.3) is 0 Å². The molecular weight excluding hydrogens is 387 g/mol. The quantitative estimate of drug-likeness (QED) is 0.815. The van der Waals surface area contributed by atoms with Crippen molar-refractivity contribution in [2.24, 2.45) is 0 Å². The number of nitriles is 1. The molecule has 1 atom stereocenters. The van der Waals surface area contributed by atoms with Crippen LogP contribution in [-0.4, -0.2) is 53.6 Å². The van der Waals surface area contributed by atoms with Crippen LogP contribution in [0, 0.1) is 11.3 Å². The van der Waals surface area contributed by atoms with Crippen LogP contribution in [-0.2, 0) is 6.18 Å². The first kappa shape index (κ1) is 20.2. The average Bonchev–Trinajstić information content (AvgIpc) is 2.73. The molecule has 1 fully saturated rings. The van der Waals surface area contributed by atoms with Gasteiger partial charge in [-0.3, -0.25) is 0 Å². The number of nitrogens with one attached hydrogen (secondary N) is 2. The van der Waals surface area contributed by atoms with E-state index in [0.717, 1.165) is 12.1 Å². The molecule has 0 aliphatic carbocycles. The van der Waals surface area contributed by atoms with Crippen molar-refractivity contribution in [3.05, 3.63) is 42.2 Å². The number of benzene rings is 1. The molecule has 0 saturated carbocycles. The van der Waals surface area contributed by atoms with Crippen LogP contribution in [0.1, 0.15) is 5.56 Å². The first-order chi connectivity index (χ1) is 13.8. The fourth-order valence-corrected chi connectivity index (χ4v) is 3.00. The maximum absolute atomic E-state index is 12.7. The fourth-order valence-electron chi connectivity index (χ4n) is 3.00. The first-order valence-corrected chi connectivity index (χ1v) is 8.71. The Balaban J connectivity index is 1.79. The molecule has 29 heavy (non-hydrogen) atoms. The summed E-state index contributed by atoms with van der Waals surface area (Å²) in [5.74, 6) is 0.793. The highest BCUT2D eigenvalue weighted by molar-refractivity contribution is 5.75. The summed E-state index contributed by atoms with van der Waals surface area (Å²) in [6.45, 7) is 0.963. The summed E-state index contributed by atoms with van der Waals surface area (Å²) in [5.41, 5.74) is -0.329. The Labute approximate surface area is 165 Å². The van der Waals surface area contributed by atoms with Crippen LogP contribution in [0.5, 0.6) is 0 Å². The van der Waals surface area contributed by atoms with Gasteiger partial charge in [0.2, 0.25) is 0 Å². The number of carbonyl (C=O) groups is 1. The van der Waals surface area contributed by atoms with E-state index in [1.54, 1.807) is 0 Å². The van der Waals surface area contributed by atoms with E-state index in [1.807, 2.05) is 4.90 Å². The Morgan fingerprint density at radius 1 is 1.21 bits per heavy atom. The second-order valence-electron chi connectivity index (χ2n) is 6.27. The van der Waals surface area contributed by atoms with Gasteiger partial charge in [0.15, 0.2) is 11.6 Å². The van der Waals surface area contributed by atoms with Gasteiger partial charge in [-0.05, 0) is 24.3 Å². The van der Waals surface area contributed by atoms with E-state index in [1.165, 1.54) is 36.5 Å². The van der Waals surface area contributed by atoms with Crippen molar-refractivity contribution < 1.29 is 18.0 Å². The van der Waals surface area contributed by atoms with Crippen molar-refractivity contribution in [3.8, 4) is 6.07 Å². The van der Waals surface area contributed by atoms with Crippen molar-refractivity contribution in [2.45, 2.75) is 12.2 Å². The van der Waals surface area contributed by atoms with E-state index in [4.69, 9.17) is 0 Å². The smallest absolute Gasteiger partial charge is 0.349 e. The van der Waals surface area contributed by atoms with E-state index >= 15 is 0 Å². The van der Waals surface area contributed by atoms with Gasteiger partial charge in [-0.15, -0.1) is 0 Å². The van der Waals surface area contributed by atoms with Crippen LogP contribution in [0.15, 0.2) is 36.7 Å². The van der Waals surface area contributed by atoms with Gasteiger partial charge in [0.05, 0.1) is 18.2 Å². The van der Waals surface area contributed by atoms with E-state index < -0.39 is 17.8 Å². The molecule has 1 aliphatic heterocycles. The van der Waals surface area contributed by atoms with Crippen LogP contribution >= 0.6 is 0 Å². The lowest BCUT2D eigenvalue weighted by atomic mass is 10.2. The number of urea groups is 1. The third-order valence-electron chi connectivity index (χ3n) is 4.46. The highest BCUT2D eigenvalue weighted by Gasteiger charge is 2.32. The van der Waals surface area contributed by atoms with Gasteiger partial charge in [0.25, 0.3) is 0 Å². The number of nitrogens with zero attached hydrogens (tertiary/aromatic N) is 5. The molecule has 1 aliphatic rings. The fraction of sp³-hybridized carbons (Fsp3) is 0.333. The van der Waals surface area contributed by atoms with E-state index in [-0.39, 0.29) is 12.6 Å². The van der Waals surface area contributed by atoms with E-state index in [0.29, 0.717) is 30.4 Å². The summed E-state index contributed by atoms with van der Waals surface area (Å²) in [6.07, 6.45) is -1.47. The minimum absolute atomic E-state index is 0.226. The molecule has 0 spiro atoms. The standard InChI is InChI=1S/C18H18F3N7O/c1-23-17(29)28-9-8-27(11-14(28)10-22)16-15(24-6-7-25-16)26-13-4-2-12(3-5-13)18(19,20)21/h2-7,14H,8-9,11H2,1H3,(H,23,29)(H,24,26). The number of aromatic nitrogens is 2. The molecule has 2 amide bonds. The zero-order valence-corrected chi connectivity index (χ0v) is 15.4. The molecule has 3 rings (SSSR count). The normalized spacial score (nSPS) is 16.9. The second-order valence-corrected chi connectivity index (χ2v) is 6.27. The topological polar surface area (TPSA) is 97.2 Å². The number of alkyl halides is 3. The SMILES string of the molecule is CNC(=O)N1CCN(c2nccnc2Nc2ccc(C(F)(F)F)cc2)CC1C#N. The number of hydrogen-bond acceptors (Lipinski definition) is 6. The predicted octanol–water partition coefficient (Wildman–Crippen LogP) is 2.59. The number of amides is 2. The molecule has 2 N–H and O–H groups in total. The van der Waals surface area contributed by atoms with Crippen molar-refractivity contribution in [3.63, 3.8) is 0 Å². The molecule has 0 bridgehead atoms. The molecule has 11 heteroatoms. The Hall–Kier alpha value is -3.55. The summed E-state index contributed by atoms with van der Waals surface area (Å²) in [5, 5.41) is 14.9. The molecule has 1 unspecified atom stereocenters. The maximum atomic E-state index is 12.7. The molecule has 2 heterocycles. The number of rotatable bonds is 3. The molecule has 1 aromatic carbocycles. The predicted molar refractivity (Wildman–Crippen MR) is 99.5 cm³/mol. The molecule has 152 valence electrons. The van der Waals surface area contributed by atoms with Crippen molar-refractivity contribution in [2.75, 3.05) is 36.9 Å². The van der Waals surface area contributed by atoms with Gasteiger partial charge in [-0.2, -0.15) is 18.4 Å². The van der Waals surface area contributed by atoms with Gasteiger partial charge in [-0.25, -0.2) is 14.8 Å². The molecule has 1 saturated heterocycles. The Morgan fingerprint density at radius 2 is 1.90 bits per heavy atom. The molecule has 0 radical (unpaired) electrons. The summed E-state index contributed by atoms with van der Waals surface area (Å²) >= 11 is 0. The van der Waals surface area contributed by atoms with Gasteiger partial charge < -0.3 is 20.4 Å². The van der Waals surface area contributed by atoms with Crippen molar-refractivity contribution in [1.29, 1.82) is 5.26 Å². The van der Waals surface area contributed by atoms with E-state index in [9.17, 15) is 23.2 Å². The highest BCUT2D eigenvalue weighted by Crippen LogP contribution is 2.31. The lowest BCUT2D eigenvalue weighted by molar-refractivity contribution is -0.137. The Bertz CT molecular complexity index is 911. The maximum Gasteiger partial charge on any atom is 0.416 e. The zero-order valence-electron chi connectivity index (χ0n) is 15.4. The van der Waals surface area contributed by atoms with Crippen LogP contribution in [0.2, 0.25) is 0 Å². The van der Waals surface area contributed by atoms with Gasteiger partial charge in [0.1, 0.15) is 6.04 Å². The number of anilines is 3. The number of hydrogen-bond donors (Lipinski definition) is 2. The third-order valence-corrected chi connectivity index (χ3v) is 4.46. The second kappa shape index (κ2) is 8.22. The summed E-state index contributed by atoms with van der Waals surface area (Å²) in [6, 6.07) is 5.67. The molecular formula is C18H18F3N7O. The summed E-state index contributed by atoms with van der Waals surface area (Å²) in [4.78, 5) is 23.7. The van der Waals surface area contributed by atoms with Crippen LogP contribution in [0.4, 0.5) is 35.3 Å². The minimum atomic E-state index is -4.41. The molecule has 2 aromatic rings. The highest BCUT2D eigenvalue weighted by atomic mass is 19.4. The molecule has 1 aromatic heterocycles. The Kier molecular flexibility index (Phi) is 5.72. The lowest BCUT2D eigenvalue weighted by Crippen LogP contribution is -2.57. The summed E-state index contributed by atoms with van der Waals surface area (Å²) in [7, 11) is 1.50. The monoisotopic (exact) mass is 405 g/mol.